The fraction of sp³-hybridized carbons (Fsp3) is 0.250. The molecule has 0 aliphatic heterocycles. The normalized spacial score (nSPS) is 11.4. The largest absolute Gasteiger partial charge is 0.478 e. The molecular formula is C16H16O8. The molecule has 128 valence electrons. The zero-order valence-corrected chi connectivity index (χ0v) is 12.8. The van der Waals surface area contributed by atoms with Gasteiger partial charge < -0.3 is 20.1 Å². The molecule has 0 bridgehead atoms. The molecule has 8 nitrogen and oxygen atoms in total. The maximum Gasteiger partial charge on any atom is 0.338 e. The lowest BCUT2D eigenvalue weighted by atomic mass is 10.0. The van der Waals surface area contributed by atoms with Gasteiger partial charge in [0.2, 0.25) is 0 Å². The summed E-state index contributed by atoms with van der Waals surface area (Å²) in [6, 6.07) is 2.95. The monoisotopic (exact) mass is 336 g/mol. The molecule has 0 amide bonds. The number of ether oxygens (including phenoxy) is 1. The predicted molar refractivity (Wildman–Crippen MR) is 81.2 cm³/mol. The van der Waals surface area contributed by atoms with Crippen LogP contribution >= 0.6 is 0 Å². The zero-order valence-electron chi connectivity index (χ0n) is 12.8. The summed E-state index contributed by atoms with van der Waals surface area (Å²) in [6.45, 7) is 5.12. The number of aliphatic carboxylic acids is 1. The Morgan fingerprint density at radius 1 is 1.08 bits per heavy atom. The first kappa shape index (κ1) is 18.9. The molecule has 1 unspecified atom stereocenters. The highest BCUT2D eigenvalue weighted by Crippen LogP contribution is 2.18. The molecule has 3 N–H and O–H groups in total. The third-order valence-electron chi connectivity index (χ3n) is 3.18. The number of benzene rings is 1. The number of hydrogen-bond acceptors (Lipinski definition) is 5. The third kappa shape index (κ3) is 4.42. The van der Waals surface area contributed by atoms with Gasteiger partial charge in [-0.2, -0.15) is 0 Å². The van der Waals surface area contributed by atoms with Gasteiger partial charge >= 0.3 is 23.9 Å². The van der Waals surface area contributed by atoms with Crippen LogP contribution in [0.15, 0.2) is 30.4 Å². The van der Waals surface area contributed by atoms with Crippen molar-refractivity contribution >= 4 is 23.9 Å². The van der Waals surface area contributed by atoms with E-state index < -0.39 is 41.1 Å². The van der Waals surface area contributed by atoms with Crippen molar-refractivity contribution in [3.8, 4) is 0 Å². The highest BCUT2D eigenvalue weighted by Gasteiger charge is 2.24. The van der Waals surface area contributed by atoms with E-state index in [-0.39, 0.29) is 17.6 Å². The molecule has 0 saturated heterocycles. The summed E-state index contributed by atoms with van der Waals surface area (Å²) in [5, 5.41) is 26.9. The van der Waals surface area contributed by atoms with E-state index in [2.05, 4.69) is 6.58 Å². The van der Waals surface area contributed by atoms with Crippen LogP contribution in [0.4, 0.5) is 0 Å². The van der Waals surface area contributed by atoms with Gasteiger partial charge in [0, 0.05) is 0 Å². The van der Waals surface area contributed by atoms with E-state index in [1.54, 1.807) is 6.92 Å². The average molecular weight is 336 g/mol. The van der Waals surface area contributed by atoms with Crippen molar-refractivity contribution in [1.82, 2.24) is 0 Å². The molecule has 24 heavy (non-hydrogen) atoms. The Morgan fingerprint density at radius 3 is 2.12 bits per heavy atom. The van der Waals surface area contributed by atoms with Crippen LogP contribution in [0.3, 0.4) is 0 Å². The van der Waals surface area contributed by atoms with Gasteiger partial charge in [-0.3, -0.25) is 0 Å². The average Bonchev–Trinajstić information content (AvgIpc) is 2.52. The summed E-state index contributed by atoms with van der Waals surface area (Å²) in [6.07, 6.45) is -0.300. The molecule has 0 aromatic heterocycles. The molecule has 0 radical (unpaired) electrons. The molecule has 1 aromatic carbocycles. The lowest BCUT2D eigenvalue weighted by Crippen LogP contribution is -2.24. The second-order valence-corrected chi connectivity index (χ2v) is 4.88. The molecule has 0 aliphatic carbocycles. The van der Waals surface area contributed by atoms with Crippen molar-refractivity contribution in [3.05, 3.63) is 47.0 Å². The molecule has 0 heterocycles. The minimum Gasteiger partial charge on any atom is -0.478 e. The number of aromatic carboxylic acids is 2. The fourth-order valence-electron chi connectivity index (χ4n) is 1.94. The van der Waals surface area contributed by atoms with E-state index in [4.69, 9.17) is 20.1 Å². The molecule has 1 aromatic rings. The van der Waals surface area contributed by atoms with Crippen LogP contribution in [0.1, 0.15) is 50.8 Å². The number of carboxylic acids is 3. The topological polar surface area (TPSA) is 138 Å². The van der Waals surface area contributed by atoms with E-state index in [1.165, 1.54) is 0 Å². The molecule has 0 saturated carbocycles. The SMILES string of the molecule is C=C(C(=O)O)C(CCC)OC(=O)c1ccc(C(=O)O)c(C(=O)O)c1. The Kier molecular flexibility index (Phi) is 6.22. The smallest absolute Gasteiger partial charge is 0.338 e. The van der Waals surface area contributed by atoms with Gasteiger partial charge in [0.15, 0.2) is 0 Å². The van der Waals surface area contributed by atoms with Crippen molar-refractivity contribution in [3.63, 3.8) is 0 Å². The van der Waals surface area contributed by atoms with Crippen LogP contribution in [-0.4, -0.2) is 45.3 Å². The Hall–Kier alpha value is -3.16. The van der Waals surface area contributed by atoms with Crippen LogP contribution < -0.4 is 0 Å². The zero-order chi connectivity index (χ0) is 18.4. The number of carbonyl (C=O) groups is 4. The first-order valence-electron chi connectivity index (χ1n) is 6.92. The quantitative estimate of drug-likeness (QED) is 0.484. The Labute approximate surface area is 137 Å². The summed E-state index contributed by atoms with van der Waals surface area (Å²) >= 11 is 0. The van der Waals surface area contributed by atoms with Gasteiger partial charge in [-0.1, -0.05) is 19.9 Å². The summed E-state index contributed by atoms with van der Waals surface area (Å²) in [4.78, 5) is 45.2. The third-order valence-corrected chi connectivity index (χ3v) is 3.18. The number of carboxylic acid groups (broad SMARTS) is 3. The van der Waals surface area contributed by atoms with Crippen molar-refractivity contribution in [2.24, 2.45) is 0 Å². The highest BCUT2D eigenvalue weighted by molar-refractivity contribution is 6.04. The minimum atomic E-state index is -1.51. The fourth-order valence-corrected chi connectivity index (χ4v) is 1.94. The van der Waals surface area contributed by atoms with Crippen molar-refractivity contribution in [2.45, 2.75) is 25.9 Å². The summed E-state index contributed by atoms with van der Waals surface area (Å²) < 4.78 is 5.08. The first-order chi connectivity index (χ1) is 11.2. The number of hydrogen-bond donors (Lipinski definition) is 3. The summed E-state index contributed by atoms with van der Waals surface area (Å²) in [5.41, 5.74) is -1.54. The van der Waals surface area contributed by atoms with Crippen LogP contribution in [0, 0.1) is 0 Å². The second-order valence-electron chi connectivity index (χ2n) is 4.88. The van der Waals surface area contributed by atoms with Gasteiger partial charge in [-0.15, -0.1) is 0 Å². The highest BCUT2D eigenvalue weighted by atomic mass is 16.5. The van der Waals surface area contributed by atoms with Crippen LogP contribution in [-0.2, 0) is 9.53 Å². The van der Waals surface area contributed by atoms with Gasteiger partial charge in [-0.25, -0.2) is 19.2 Å². The standard InChI is InChI=1S/C16H16O8/c1-3-4-12(8(2)13(17)18)24-16(23)9-5-6-10(14(19)20)11(7-9)15(21)22/h5-7,12H,2-4H2,1H3,(H,17,18)(H,19,20)(H,21,22). The van der Waals surface area contributed by atoms with Crippen molar-refractivity contribution < 1.29 is 39.2 Å². The Morgan fingerprint density at radius 2 is 1.67 bits per heavy atom. The number of rotatable bonds is 8. The maximum absolute atomic E-state index is 12.1. The molecule has 1 atom stereocenters. The van der Waals surface area contributed by atoms with E-state index in [1.807, 2.05) is 0 Å². The first-order valence-corrected chi connectivity index (χ1v) is 6.92. The molecule has 8 heteroatoms. The van der Waals surface area contributed by atoms with Gasteiger partial charge in [0.05, 0.1) is 22.3 Å². The lowest BCUT2D eigenvalue weighted by Gasteiger charge is -2.17. The number of carbonyl (C=O) groups excluding carboxylic acids is 1. The molecule has 0 fully saturated rings. The van der Waals surface area contributed by atoms with E-state index >= 15 is 0 Å². The van der Waals surface area contributed by atoms with Crippen molar-refractivity contribution in [2.75, 3.05) is 0 Å². The van der Waals surface area contributed by atoms with Gasteiger partial charge in [0.1, 0.15) is 6.10 Å². The van der Waals surface area contributed by atoms with E-state index in [0.29, 0.717) is 6.42 Å². The molecule has 0 aliphatic rings. The molecular weight excluding hydrogens is 320 g/mol. The minimum absolute atomic E-state index is 0.198. The van der Waals surface area contributed by atoms with E-state index in [9.17, 15) is 19.2 Å². The Balaban J connectivity index is 3.12. The summed E-state index contributed by atoms with van der Waals surface area (Å²) in [5.74, 6) is -5.23. The lowest BCUT2D eigenvalue weighted by molar-refractivity contribution is -0.133. The van der Waals surface area contributed by atoms with Crippen LogP contribution in [0.5, 0.6) is 0 Å². The van der Waals surface area contributed by atoms with Gasteiger partial charge in [0.25, 0.3) is 0 Å². The van der Waals surface area contributed by atoms with Crippen LogP contribution in [0.25, 0.3) is 0 Å². The molecule has 0 spiro atoms. The van der Waals surface area contributed by atoms with Crippen LogP contribution in [0.2, 0.25) is 0 Å². The molecule has 1 rings (SSSR count). The second kappa shape index (κ2) is 7.91. The van der Waals surface area contributed by atoms with Crippen molar-refractivity contribution in [1.29, 1.82) is 0 Å². The van der Waals surface area contributed by atoms with E-state index in [0.717, 1.165) is 18.2 Å². The Bertz CT molecular complexity index is 704. The van der Waals surface area contributed by atoms with Gasteiger partial charge in [-0.05, 0) is 24.6 Å². The summed E-state index contributed by atoms with van der Waals surface area (Å²) in [7, 11) is 0. The number of esters is 1. The predicted octanol–water partition coefficient (Wildman–Crippen LogP) is 2.05. The maximum atomic E-state index is 12.1.